The first-order chi connectivity index (χ1) is 16.9. The van der Waals surface area contributed by atoms with Gasteiger partial charge in [0.1, 0.15) is 11.6 Å². The zero-order chi connectivity index (χ0) is 24.9. The van der Waals surface area contributed by atoms with Gasteiger partial charge in [-0.15, -0.1) is 12.4 Å². The summed E-state index contributed by atoms with van der Waals surface area (Å²) in [6.07, 6.45) is 0.302. The molecule has 198 valence electrons. The molecule has 1 saturated heterocycles. The number of carboxylic acid groups (broad SMARTS) is 1. The number of fused-ring (bicyclic) bond motifs is 1. The topological polar surface area (TPSA) is 71.0 Å². The number of hydrogen-bond acceptors (Lipinski definition) is 5. The molecular formula is C26H32ClF3N2O4. The Kier molecular flexibility index (Phi) is 10.0. The van der Waals surface area contributed by atoms with Gasteiger partial charge in [0, 0.05) is 50.3 Å². The van der Waals surface area contributed by atoms with E-state index in [1.807, 2.05) is 24.3 Å². The monoisotopic (exact) mass is 528 g/mol. The van der Waals surface area contributed by atoms with Crippen molar-refractivity contribution in [1.82, 2.24) is 10.2 Å². The largest absolute Gasteiger partial charge is 0.494 e. The molecule has 0 spiro atoms. The Morgan fingerprint density at radius 1 is 1.11 bits per heavy atom. The number of nitrogens with zero attached hydrogens (tertiary/aromatic N) is 1. The number of piperidine rings is 1. The van der Waals surface area contributed by atoms with Gasteiger partial charge in [0.25, 0.3) is 0 Å². The van der Waals surface area contributed by atoms with Gasteiger partial charge in [-0.25, -0.2) is 18.0 Å². The van der Waals surface area contributed by atoms with Crippen molar-refractivity contribution in [3.8, 4) is 5.75 Å². The van der Waals surface area contributed by atoms with E-state index in [0.717, 1.165) is 43.4 Å². The third-order valence-corrected chi connectivity index (χ3v) is 6.71. The second kappa shape index (κ2) is 12.8. The van der Waals surface area contributed by atoms with Crippen molar-refractivity contribution in [2.45, 2.75) is 38.5 Å². The van der Waals surface area contributed by atoms with Crippen LogP contribution < -0.4 is 10.1 Å². The van der Waals surface area contributed by atoms with Gasteiger partial charge in [0.15, 0.2) is 17.7 Å². The zero-order valence-electron chi connectivity index (χ0n) is 20.1. The normalized spacial score (nSPS) is 21.5. The van der Waals surface area contributed by atoms with Crippen LogP contribution in [-0.2, 0) is 22.5 Å². The van der Waals surface area contributed by atoms with Gasteiger partial charge >= 0.3 is 5.97 Å². The predicted octanol–water partition coefficient (Wildman–Crippen LogP) is 4.05. The molecule has 2 aromatic rings. The number of hydrogen-bond donors (Lipinski definition) is 2. The Hall–Kier alpha value is -2.33. The van der Waals surface area contributed by atoms with Gasteiger partial charge in [-0.2, -0.15) is 0 Å². The second-order valence-corrected chi connectivity index (χ2v) is 9.19. The van der Waals surface area contributed by atoms with Gasteiger partial charge in [0.05, 0.1) is 6.61 Å². The van der Waals surface area contributed by atoms with E-state index in [4.69, 9.17) is 9.47 Å². The summed E-state index contributed by atoms with van der Waals surface area (Å²) in [6, 6.07) is 9.38. The van der Waals surface area contributed by atoms with Crippen molar-refractivity contribution in [2.75, 3.05) is 32.8 Å². The first-order valence-electron chi connectivity index (χ1n) is 12.0. The summed E-state index contributed by atoms with van der Waals surface area (Å²) in [7, 11) is 0. The maximum Gasteiger partial charge on any atom is 0.333 e. The summed E-state index contributed by atoms with van der Waals surface area (Å²) in [5.74, 6) is -2.11. The number of likely N-dealkylation sites (tertiary alicyclic amines) is 1. The lowest BCUT2D eigenvalue weighted by Gasteiger charge is -2.20. The average molecular weight is 529 g/mol. The number of carbonyl (C=O) groups is 1. The molecule has 0 aromatic heterocycles. The highest BCUT2D eigenvalue weighted by Gasteiger charge is 2.55. The molecule has 2 aromatic carbocycles. The molecule has 4 rings (SSSR count). The summed E-state index contributed by atoms with van der Waals surface area (Å²) >= 11 is 0. The highest BCUT2D eigenvalue weighted by atomic mass is 35.5. The molecule has 1 aliphatic carbocycles. The van der Waals surface area contributed by atoms with Gasteiger partial charge in [-0.05, 0) is 55.5 Å². The minimum absolute atomic E-state index is 0. The molecule has 0 radical (unpaired) electrons. The maximum absolute atomic E-state index is 13.9. The number of nitrogens with one attached hydrogen (secondary N) is 1. The number of carboxylic acids is 1. The van der Waals surface area contributed by atoms with Crippen molar-refractivity contribution in [2.24, 2.45) is 11.8 Å². The molecule has 36 heavy (non-hydrogen) atoms. The third-order valence-electron chi connectivity index (χ3n) is 6.71. The smallest absolute Gasteiger partial charge is 0.333 e. The molecule has 1 saturated carbocycles. The van der Waals surface area contributed by atoms with E-state index in [1.165, 1.54) is 0 Å². The predicted molar refractivity (Wildman–Crippen MR) is 131 cm³/mol. The summed E-state index contributed by atoms with van der Waals surface area (Å²) in [6.45, 7) is 5.43. The van der Waals surface area contributed by atoms with E-state index in [0.29, 0.717) is 43.6 Å². The Labute approximate surface area is 215 Å². The number of halogens is 4. The van der Waals surface area contributed by atoms with E-state index in [2.05, 4.69) is 10.2 Å². The lowest BCUT2D eigenvalue weighted by Crippen LogP contribution is -2.32. The summed E-state index contributed by atoms with van der Waals surface area (Å²) in [5.41, 5.74) is 1.07. The molecular weight excluding hydrogens is 497 g/mol. The van der Waals surface area contributed by atoms with Crippen LogP contribution in [0.2, 0.25) is 0 Å². The molecule has 0 amide bonds. The van der Waals surface area contributed by atoms with Gasteiger partial charge < -0.3 is 19.9 Å². The van der Waals surface area contributed by atoms with Crippen molar-refractivity contribution < 1.29 is 32.5 Å². The van der Waals surface area contributed by atoms with Crippen molar-refractivity contribution in [3.05, 3.63) is 65.0 Å². The van der Waals surface area contributed by atoms with E-state index in [-0.39, 0.29) is 24.5 Å². The van der Waals surface area contributed by atoms with E-state index >= 15 is 0 Å². The molecule has 2 aliphatic rings. The third kappa shape index (κ3) is 7.12. The summed E-state index contributed by atoms with van der Waals surface area (Å²) in [5, 5.41) is 12.7. The van der Waals surface area contributed by atoms with Crippen LogP contribution >= 0.6 is 12.4 Å². The number of aliphatic carboxylic acids is 1. The maximum atomic E-state index is 13.9. The lowest BCUT2D eigenvalue weighted by atomic mass is 10.1. The van der Waals surface area contributed by atoms with Crippen LogP contribution in [0.1, 0.15) is 24.5 Å². The molecule has 1 aliphatic heterocycles. The lowest BCUT2D eigenvalue weighted by molar-refractivity contribution is -0.149. The minimum atomic E-state index is -1.16. The Morgan fingerprint density at radius 2 is 1.78 bits per heavy atom. The number of rotatable bonds is 13. The van der Waals surface area contributed by atoms with Crippen LogP contribution in [0.4, 0.5) is 13.2 Å². The van der Waals surface area contributed by atoms with Crippen LogP contribution in [0.5, 0.6) is 5.75 Å². The Balaban J connectivity index is 0.00000361. The molecule has 10 heteroatoms. The quantitative estimate of drug-likeness (QED) is 0.302. The molecule has 6 nitrogen and oxygen atoms in total. The molecule has 1 heterocycles. The summed E-state index contributed by atoms with van der Waals surface area (Å²) in [4.78, 5) is 13.3. The second-order valence-electron chi connectivity index (χ2n) is 9.19. The fraction of sp³-hybridized carbons (Fsp3) is 0.500. The minimum Gasteiger partial charge on any atom is -0.494 e. The van der Waals surface area contributed by atoms with Crippen molar-refractivity contribution >= 4 is 18.4 Å². The molecule has 4 atom stereocenters. The molecule has 2 fully saturated rings. The standard InChI is InChI=1S/C26H31F3N2O4.ClH/c1-2-34-24(26(32)33)10-16-4-6-18(7-5-16)35-9-3-8-30-25-19-14-31(15-20(19)25)13-17-11-22(28)23(29)12-21(17)27;/h4-7,11-12,19-20,24-25,30H,2-3,8-10,13-15H2,1H3,(H,32,33);1H/t19-,20?,24+,25?;/m1./s1. The van der Waals surface area contributed by atoms with Crippen LogP contribution in [0.15, 0.2) is 36.4 Å². The van der Waals surface area contributed by atoms with E-state index < -0.39 is 29.5 Å². The van der Waals surface area contributed by atoms with Crippen molar-refractivity contribution in [1.29, 1.82) is 0 Å². The molecule has 2 N–H and O–H groups in total. The van der Waals surface area contributed by atoms with Gasteiger partial charge in [-0.1, -0.05) is 12.1 Å². The number of ether oxygens (including phenoxy) is 2. The first kappa shape index (κ1) is 28.2. The van der Waals surface area contributed by atoms with E-state index in [1.54, 1.807) is 6.92 Å². The Morgan fingerprint density at radius 3 is 2.42 bits per heavy atom. The zero-order valence-corrected chi connectivity index (χ0v) is 20.9. The molecule has 0 bridgehead atoms. The van der Waals surface area contributed by atoms with Crippen LogP contribution in [-0.4, -0.2) is 61.0 Å². The van der Waals surface area contributed by atoms with E-state index in [9.17, 15) is 23.1 Å². The number of benzene rings is 2. The SMILES string of the molecule is CCO[C@@H](Cc1ccc(OCCCNC2C3CN(Cc4cc(F)c(F)cc4F)C[C@H]32)cc1)C(=O)O.Cl. The van der Waals surface area contributed by atoms with Crippen molar-refractivity contribution in [3.63, 3.8) is 0 Å². The Bertz CT molecular complexity index is 1010. The van der Waals surface area contributed by atoms with Crippen LogP contribution in [0.25, 0.3) is 0 Å². The highest BCUT2D eigenvalue weighted by Crippen LogP contribution is 2.45. The average Bonchev–Trinajstić information content (AvgIpc) is 3.27. The fourth-order valence-corrected chi connectivity index (χ4v) is 4.86. The highest BCUT2D eigenvalue weighted by molar-refractivity contribution is 5.85. The first-order valence-corrected chi connectivity index (χ1v) is 12.0. The van der Waals surface area contributed by atoms with Gasteiger partial charge in [-0.3, -0.25) is 4.90 Å². The molecule has 2 unspecified atom stereocenters. The summed E-state index contributed by atoms with van der Waals surface area (Å²) < 4.78 is 51.4. The van der Waals surface area contributed by atoms with Gasteiger partial charge in [0.2, 0.25) is 0 Å². The van der Waals surface area contributed by atoms with Crippen LogP contribution in [0, 0.1) is 29.3 Å². The van der Waals surface area contributed by atoms with Crippen LogP contribution in [0.3, 0.4) is 0 Å². The fourth-order valence-electron chi connectivity index (χ4n) is 4.86.